The second-order valence-electron chi connectivity index (χ2n) is 8.05. The first kappa shape index (κ1) is 27.4. The molecule has 0 aliphatic heterocycles. The van der Waals surface area contributed by atoms with Gasteiger partial charge >= 0.3 is 0 Å². The number of aryl methyl sites for hydroxylation is 1. The number of anilines is 3. The van der Waals surface area contributed by atoms with Crippen LogP contribution in [0.5, 0.6) is 0 Å². The fourth-order valence-electron chi connectivity index (χ4n) is 3.33. The molecule has 0 atom stereocenters. The summed E-state index contributed by atoms with van der Waals surface area (Å²) in [5.74, 6) is -0.855. The van der Waals surface area contributed by atoms with Crippen LogP contribution in [0.1, 0.15) is 18.4 Å². The minimum atomic E-state index is -3.87. The van der Waals surface area contributed by atoms with E-state index in [9.17, 15) is 26.0 Å². The van der Waals surface area contributed by atoms with Crippen molar-refractivity contribution in [3.8, 4) is 0 Å². The third kappa shape index (κ3) is 7.42. The Labute approximate surface area is 215 Å². The molecule has 0 bridgehead atoms. The fourth-order valence-corrected chi connectivity index (χ4v) is 5.58. The Morgan fingerprint density at radius 2 is 1.61 bits per heavy atom. The fraction of sp³-hybridized carbons (Fsp3) is 0.208. The Kier molecular flexibility index (Phi) is 8.59. The smallest absolute Gasteiger partial charge is 0.261 e. The number of hydrogen-bond donors (Lipinski definition) is 2. The maximum absolute atomic E-state index is 13.2. The molecular formula is C24H25ClFN3O5S2. The number of carbonyl (C=O) groups is 1. The van der Waals surface area contributed by atoms with Crippen molar-refractivity contribution in [1.82, 2.24) is 0 Å². The summed E-state index contributed by atoms with van der Waals surface area (Å²) in [5, 5.41) is 3.05. The van der Waals surface area contributed by atoms with Crippen LogP contribution < -0.4 is 14.3 Å². The Bertz CT molecular complexity index is 1450. The predicted molar refractivity (Wildman–Crippen MR) is 140 cm³/mol. The molecule has 12 heteroatoms. The van der Waals surface area contributed by atoms with E-state index in [4.69, 9.17) is 11.6 Å². The molecule has 3 aromatic rings. The van der Waals surface area contributed by atoms with E-state index in [0.717, 1.165) is 22.7 Å². The van der Waals surface area contributed by atoms with Crippen LogP contribution in [0.3, 0.4) is 0 Å². The minimum absolute atomic E-state index is 0.00275. The Hall–Kier alpha value is -3.15. The lowest BCUT2D eigenvalue weighted by Gasteiger charge is -2.22. The number of sulfonamides is 2. The van der Waals surface area contributed by atoms with Gasteiger partial charge in [-0.25, -0.2) is 21.2 Å². The van der Waals surface area contributed by atoms with Crippen LogP contribution >= 0.6 is 11.6 Å². The van der Waals surface area contributed by atoms with Crippen molar-refractivity contribution in [3.63, 3.8) is 0 Å². The Balaban J connectivity index is 1.58. The first-order valence-electron chi connectivity index (χ1n) is 10.8. The van der Waals surface area contributed by atoms with Crippen molar-refractivity contribution in [2.45, 2.75) is 24.7 Å². The standard InChI is InChI=1S/C24H25ClFN3O5S2/c1-17-5-6-18(25)16-23(17)28-36(33,34)22-13-9-20(10-14-22)27-24(30)4-3-15-29(35(2,31)32)21-11-7-19(26)8-12-21/h5-14,16,28H,3-4,15H2,1-2H3,(H,27,30). The lowest BCUT2D eigenvalue weighted by molar-refractivity contribution is -0.116. The van der Waals surface area contributed by atoms with Gasteiger partial charge in [-0.2, -0.15) is 0 Å². The number of carbonyl (C=O) groups excluding carboxylic acids is 1. The highest BCUT2D eigenvalue weighted by Gasteiger charge is 2.18. The first-order valence-corrected chi connectivity index (χ1v) is 14.5. The quantitative estimate of drug-likeness (QED) is 0.375. The van der Waals surface area contributed by atoms with Crippen LogP contribution in [0.15, 0.2) is 71.6 Å². The lowest BCUT2D eigenvalue weighted by Crippen LogP contribution is -2.31. The van der Waals surface area contributed by atoms with E-state index in [1.165, 1.54) is 42.5 Å². The van der Waals surface area contributed by atoms with Crippen LogP contribution in [-0.4, -0.2) is 35.5 Å². The van der Waals surface area contributed by atoms with Gasteiger partial charge in [0.15, 0.2) is 0 Å². The average Bonchev–Trinajstić information content (AvgIpc) is 2.79. The van der Waals surface area contributed by atoms with Crippen LogP contribution in [0.2, 0.25) is 5.02 Å². The molecule has 8 nitrogen and oxygen atoms in total. The first-order chi connectivity index (χ1) is 16.8. The van der Waals surface area contributed by atoms with Gasteiger partial charge in [-0.3, -0.25) is 13.8 Å². The predicted octanol–water partition coefficient (Wildman–Crippen LogP) is 4.77. The summed E-state index contributed by atoms with van der Waals surface area (Å²) in [4.78, 5) is 12.3. The zero-order valence-electron chi connectivity index (χ0n) is 19.5. The molecule has 1 amide bonds. The van der Waals surface area contributed by atoms with Gasteiger partial charge in [0.1, 0.15) is 5.82 Å². The number of benzene rings is 3. The van der Waals surface area contributed by atoms with E-state index < -0.39 is 25.9 Å². The highest BCUT2D eigenvalue weighted by Crippen LogP contribution is 2.24. The summed E-state index contributed by atoms with van der Waals surface area (Å²) in [5.41, 5.74) is 1.76. The van der Waals surface area contributed by atoms with Crippen LogP contribution in [-0.2, 0) is 24.8 Å². The third-order valence-electron chi connectivity index (χ3n) is 5.17. The molecular weight excluding hydrogens is 529 g/mol. The van der Waals surface area contributed by atoms with Crippen molar-refractivity contribution < 1.29 is 26.0 Å². The van der Waals surface area contributed by atoms with E-state index in [-0.39, 0.29) is 30.2 Å². The molecule has 0 radical (unpaired) electrons. The molecule has 0 fully saturated rings. The molecule has 0 spiro atoms. The molecule has 0 heterocycles. The molecule has 3 aromatic carbocycles. The number of rotatable bonds is 10. The molecule has 0 unspecified atom stereocenters. The highest BCUT2D eigenvalue weighted by atomic mass is 35.5. The van der Waals surface area contributed by atoms with Crippen molar-refractivity contribution in [1.29, 1.82) is 0 Å². The zero-order valence-corrected chi connectivity index (χ0v) is 21.9. The van der Waals surface area contributed by atoms with Crippen molar-refractivity contribution in [2.75, 3.05) is 27.1 Å². The summed E-state index contributed by atoms with van der Waals surface area (Å²) in [6.45, 7) is 1.78. The largest absolute Gasteiger partial charge is 0.326 e. The Morgan fingerprint density at radius 1 is 0.972 bits per heavy atom. The van der Waals surface area contributed by atoms with Crippen molar-refractivity contribution >= 4 is 54.6 Å². The van der Waals surface area contributed by atoms with Crippen LogP contribution in [0, 0.1) is 12.7 Å². The summed E-state index contributed by atoms with van der Waals surface area (Å²) in [7, 11) is -7.50. The third-order valence-corrected chi connectivity index (χ3v) is 7.98. The van der Waals surface area contributed by atoms with E-state index in [0.29, 0.717) is 27.6 Å². The van der Waals surface area contributed by atoms with Crippen molar-refractivity contribution in [2.24, 2.45) is 0 Å². The summed E-state index contributed by atoms with van der Waals surface area (Å²) >= 11 is 5.95. The van der Waals surface area contributed by atoms with Crippen molar-refractivity contribution in [3.05, 3.63) is 83.1 Å². The number of amides is 1. The van der Waals surface area contributed by atoms with Gasteiger partial charge in [0.05, 0.1) is 22.5 Å². The maximum atomic E-state index is 13.2. The minimum Gasteiger partial charge on any atom is -0.326 e. The molecule has 0 aromatic heterocycles. The van der Waals surface area contributed by atoms with Gasteiger partial charge in [-0.05, 0) is 79.6 Å². The SMILES string of the molecule is Cc1ccc(Cl)cc1NS(=O)(=O)c1ccc(NC(=O)CCCN(c2ccc(F)cc2)S(C)(=O)=O)cc1. The topological polar surface area (TPSA) is 113 Å². The average molecular weight is 554 g/mol. The molecule has 0 aliphatic rings. The van der Waals surface area contributed by atoms with Crippen LogP contribution in [0.25, 0.3) is 0 Å². The molecule has 2 N–H and O–H groups in total. The zero-order chi connectivity index (χ0) is 26.5. The molecule has 36 heavy (non-hydrogen) atoms. The second-order valence-corrected chi connectivity index (χ2v) is 12.1. The number of nitrogens with one attached hydrogen (secondary N) is 2. The number of hydrogen-bond acceptors (Lipinski definition) is 5. The van der Waals surface area contributed by atoms with E-state index in [1.807, 2.05) is 0 Å². The highest BCUT2D eigenvalue weighted by molar-refractivity contribution is 7.92. The summed E-state index contributed by atoms with van der Waals surface area (Å²) in [6.07, 6.45) is 1.27. The maximum Gasteiger partial charge on any atom is 0.261 e. The van der Waals surface area contributed by atoms with Crippen LogP contribution in [0.4, 0.5) is 21.5 Å². The van der Waals surface area contributed by atoms with E-state index in [1.54, 1.807) is 19.1 Å². The van der Waals surface area contributed by atoms with Gasteiger partial charge in [-0.15, -0.1) is 0 Å². The number of nitrogens with zero attached hydrogens (tertiary/aromatic N) is 1. The van der Waals surface area contributed by atoms with Gasteiger partial charge in [0.25, 0.3) is 10.0 Å². The second kappa shape index (κ2) is 11.3. The van der Waals surface area contributed by atoms with Gasteiger partial charge in [0, 0.05) is 23.7 Å². The molecule has 0 aliphatic carbocycles. The Morgan fingerprint density at radius 3 is 2.22 bits per heavy atom. The van der Waals surface area contributed by atoms with Gasteiger partial charge < -0.3 is 5.32 Å². The van der Waals surface area contributed by atoms with E-state index in [2.05, 4.69) is 10.0 Å². The lowest BCUT2D eigenvalue weighted by atomic mass is 10.2. The van der Waals surface area contributed by atoms with E-state index >= 15 is 0 Å². The molecule has 0 saturated carbocycles. The van der Waals surface area contributed by atoms with Gasteiger partial charge in [0.2, 0.25) is 15.9 Å². The molecule has 0 saturated heterocycles. The van der Waals surface area contributed by atoms with Gasteiger partial charge in [-0.1, -0.05) is 17.7 Å². The molecule has 3 rings (SSSR count). The normalized spacial score (nSPS) is 11.7. The monoisotopic (exact) mass is 553 g/mol. The number of halogens is 2. The summed E-state index contributed by atoms with van der Waals surface area (Å²) in [6, 6.07) is 15.5. The summed E-state index contributed by atoms with van der Waals surface area (Å²) < 4.78 is 66.4. The molecule has 192 valence electrons.